The van der Waals surface area contributed by atoms with Crippen LogP contribution in [0.4, 0.5) is 5.13 Å². The van der Waals surface area contributed by atoms with Crippen molar-refractivity contribution >= 4 is 49.3 Å². The number of piperazine rings is 1. The van der Waals surface area contributed by atoms with Crippen molar-refractivity contribution in [1.82, 2.24) is 9.88 Å². The van der Waals surface area contributed by atoms with Crippen molar-refractivity contribution in [3.05, 3.63) is 105 Å². The molecule has 0 radical (unpaired) electrons. The molecule has 7 heteroatoms. The SMILES string of the molecule is O=c1ccc2c(ccc3nc(N4CCN(C(c5ccccc5)c5ccc(Cl)cc5)CC4)sc32)o1. The standard InChI is InChI=1S/C27H22ClN3O2S/c28-20-8-6-19(7-9-20)25(18-4-2-1-3-5-18)30-14-16-31(17-15-30)27-29-22-11-12-23-21(26(22)34-27)10-13-24(32)33-23/h1-13,25H,14-17H2. The highest BCUT2D eigenvalue weighted by molar-refractivity contribution is 7.23. The van der Waals surface area contributed by atoms with Gasteiger partial charge in [0.25, 0.3) is 0 Å². The first-order valence-electron chi connectivity index (χ1n) is 11.3. The van der Waals surface area contributed by atoms with Crippen molar-refractivity contribution in [1.29, 1.82) is 0 Å². The molecule has 34 heavy (non-hydrogen) atoms. The van der Waals surface area contributed by atoms with E-state index in [0.29, 0.717) is 5.58 Å². The lowest BCUT2D eigenvalue weighted by Crippen LogP contribution is -2.47. The predicted octanol–water partition coefficient (Wildman–Crippen LogP) is 5.97. The largest absolute Gasteiger partial charge is 0.423 e. The number of benzene rings is 3. The summed E-state index contributed by atoms with van der Waals surface area (Å²) in [6.45, 7) is 3.63. The average Bonchev–Trinajstić information content (AvgIpc) is 3.31. The maximum Gasteiger partial charge on any atom is 0.336 e. The first kappa shape index (κ1) is 21.4. The zero-order valence-electron chi connectivity index (χ0n) is 18.4. The van der Waals surface area contributed by atoms with Crippen molar-refractivity contribution in [2.24, 2.45) is 0 Å². The van der Waals surface area contributed by atoms with Gasteiger partial charge in [0.05, 0.1) is 16.3 Å². The molecule has 3 heterocycles. The smallest absolute Gasteiger partial charge is 0.336 e. The van der Waals surface area contributed by atoms with E-state index in [2.05, 4.69) is 52.3 Å². The van der Waals surface area contributed by atoms with Crippen molar-refractivity contribution in [2.75, 3.05) is 31.1 Å². The summed E-state index contributed by atoms with van der Waals surface area (Å²) in [6, 6.07) is 26.1. The first-order valence-corrected chi connectivity index (χ1v) is 12.5. The molecule has 1 aliphatic heterocycles. The molecule has 1 unspecified atom stereocenters. The molecule has 0 saturated carbocycles. The Morgan fingerprint density at radius 3 is 2.35 bits per heavy atom. The molecule has 1 fully saturated rings. The number of thiazole rings is 1. The molecule has 5 aromatic rings. The van der Waals surface area contributed by atoms with Gasteiger partial charge < -0.3 is 9.32 Å². The molecule has 1 atom stereocenters. The summed E-state index contributed by atoms with van der Waals surface area (Å²) in [5, 5.41) is 2.70. The van der Waals surface area contributed by atoms with Crippen LogP contribution in [0.5, 0.6) is 0 Å². The van der Waals surface area contributed by atoms with Gasteiger partial charge in [-0.2, -0.15) is 0 Å². The topological polar surface area (TPSA) is 49.6 Å². The summed E-state index contributed by atoms with van der Waals surface area (Å²) < 4.78 is 6.41. The van der Waals surface area contributed by atoms with Crippen LogP contribution < -0.4 is 10.5 Å². The van der Waals surface area contributed by atoms with Gasteiger partial charge in [0.1, 0.15) is 5.58 Å². The minimum Gasteiger partial charge on any atom is -0.423 e. The highest BCUT2D eigenvalue weighted by Gasteiger charge is 2.27. The number of fused-ring (bicyclic) bond motifs is 3. The molecule has 0 spiro atoms. The summed E-state index contributed by atoms with van der Waals surface area (Å²) >= 11 is 7.83. The molecule has 3 aromatic carbocycles. The van der Waals surface area contributed by atoms with Crippen molar-refractivity contribution in [3.63, 3.8) is 0 Å². The second-order valence-electron chi connectivity index (χ2n) is 8.46. The molecule has 0 amide bonds. The monoisotopic (exact) mass is 487 g/mol. The minimum absolute atomic E-state index is 0.183. The third-order valence-electron chi connectivity index (χ3n) is 6.39. The van der Waals surface area contributed by atoms with Gasteiger partial charge in [-0.05, 0) is 41.5 Å². The minimum atomic E-state index is -0.332. The van der Waals surface area contributed by atoms with E-state index in [1.807, 2.05) is 30.3 Å². The van der Waals surface area contributed by atoms with Gasteiger partial charge in [-0.15, -0.1) is 0 Å². The molecule has 1 saturated heterocycles. The molecule has 170 valence electrons. The lowest BCUT2D eigenvalue weighted by Gasteiger charge is -2.39. The maximum absolute atomic E-state index is 11.6. The Balaban J connectivity index is 1.27. The van der Waals surface area contributed by atoms with Gasteiger partial charge in [-0.25, -0.2) is 9.78 Å². The van der Waals surface area contributed by atoms with E-state index in [1.54, 1.807) is 11.3 Å². The van der Waals surface area contributed by atoms with Gasteiger partial charge in [0.2, 0.25) is 0 Å². The molecular weight excluding hydrogens is 466 g/mol. The maximum atomic E-state index is 11.6. The summed E-state index contributed by atoms with van der Waals surface area (Å²) in [7, 11) is 0. The number of hydrogen-bond donors (Lipinski definition) is 0. The number of halogens is 1. The van der Waals surface area contributed by atoms with Crippen LogP contribution in [0.2, 0.25) is 5.02 Å². The Labute approximate surface area is 205 Å². The highest BCUT2D eigenvalue weighted by Crippen LogP contribution is 2.36. The van der Waals surface area contributed by atoms with Crippen molar-refractivity contribution < 1.29 is 4.42 Å². The van der Waals surface area contributed by atoms with Crippen LogP contribution in [-0.4, -0.2) is 36.1 Å². The van der Waals surface area contributed by atoms with Gasteiger partial charge in [0.15, 0.2) is 5.13 Å². The fourth-order valence-corrected chi connectivity index (χ4v) is 5.99. The fraction of sp³-hybridized carbons (Fsp3) is 0.185. The molecule has 1 aliphatic rings. The molecule has 2 aromatic heterocycles. The van der Waals surface area contributed by atoms with E-state index in [4.69, 9.17) is 21.0 Å². The molecule has 6 rings (SSSR count). The molecule has 0 bridgehead atoms. The van der Waals surface area contributed by atoms with E-state index >= 15 is 0 Å². The molecule has 0 aliphatic carbocycles. The lowest BCUT2D eigenvalue weighted by atomic mass is 9.96. The van der Waals surface area contributed by atoms with Crippen molar-refractivity contribution in [2.45, 2.75) is 6.04 Å². The van der Waals surface area contributed by atoms with E-state index in [-0.39, 0.29) is 11.7 Å². The van der Waals surface area contributed by atoms with Crippen LogP contribution in [0.1, 0.15) is 17.2 Å². The van der Waals surface area contributed by atoms with Crippen LogP contribution >= 0.6 is 22.9 Å². The Hall–Kier alpha value is -3.19. The Morgan fingerprint density at radius 2 is 1.59 bits per heavy atom. The summed E-state index contributed by atoms with van der Waals surface area (Å²) in [6.07, 6.45) is 0. The molecule has 5 nitrogen and oxygen atoms in total. The highest BCUT2D eigenvalue weighted by atomic mass is 35.5. The van der Waals surface area contributed by atoms with Gasteiger partial charge in [-0.3, -0.25) is 4.90 Å². The van der Waals surface area contributed by atoms with E-state index < -0.39 is 0 Å². The lowest BCUT2D eigenvalue weighted by molar-refractivity contribution is 0.212. The van der Waals surface area contributed by atoms with Crippen LogP contribution in [-0.2, 0) is 0 Å². The Bertz CT molecular complexity index is 1510. The average molecular weight is 488 g/mol. The summed E-state index contributed by atoms with van der Waals surface area (Å²) in [5.74, 6) is 0. The zero-order chi connectivity index (χ0) is 23.1. The first-order chi connectivity index (χ1) is 16.7. The Morgan fingerprint density at radius 1 is 0.853 bits per heavy atom. The van der Waals surface area contributed by atoms with E-state index in [9.17, 15) is 4.79 Å². The zero-order valence-corrected chi connectivity index (χ0v) is 19.9. The van der Waals surface area contributed by atoms with E-state index in [1.165, 1.54) is 17.2 Å². The number of anilines is 1. The van der Waals surface area contributed by atoms with E-state index in [0.717, 1.165) is 51.9 Å². The van der Waals surface area contributed by atoms with Gasteiger partial charge in [0, 0.05) is 42.7 Å². The molecule has 0 N–H and O–H groups in total. The summed E-state index contributed by atoms with van der Waals surface area (Å²) in [5.41, 5.74) is 3.74. The number of aromatic nitrogens is 1. The Kier molecular flexibility index (Phi) is 5.57. The van der Waals surface area contributed by atoms with Gasteiger partial charge >= 0.3 is 5.63 Å². The number of nitrogens with zero attached hydrogens (tertiary/aromatic N) is 3. The molecular formula is C27H22ClN3O2S. The van der Waals surface area contributed by atoms with Crippen molar-refractivity contribution in [3.8, 4) is 0 Å². The van der Waals surface area contributed by atoms with Crippen LogP contribution in [0.25, 0.3) is 21.2 Å². The number of rotatable bonds is 4. The van der Waals surface area contributed by atoms with Crippen LogP contribution in [0.3, 0.4) is 0 Å². The third kappa shape index (κ3) is 3.98. The normalized spacial score (nSPS) is 15.7. The fourth-order valence-electron chi connectivity index (χ4n) is 4.72. The third-order valence-corrected chi connectivity index (χ3v) is 7.81. The van der Waals surface area contributed by atoms with Crippen LogP contribution in [0.15, 0.2) is 88.1 Å². The number of hydrogen-bond acceptors (Lipinski definition) is 6. The van der Waals surface area contributed by atoms with Gasteiger partial charge in [-0.1, -0.05) is 65.4 Å². The summed E-state index contributed by atoms with van der Waals surface area (Å²) in [4.78, 5) is 21.4. The van der Waals surface area contributed by atoms with Crippen LogP contribution in [0, 0.1) is 0 Å². The second kappa shape index (κ2) is 8.87. The quantitative estimate of drug-likeness (QED) is 0.292. The predicted molar refractivity (Wildman–Crippen MR) is 139 cm³/mol. The second-order valence-corrected chi connectivity index (χ2v) is 9.88.